The number of hydrogen-bond donors (Lipinski definition) is 2. The number of carbonyl (C=O) groups is 1. The maximum atomic E-state index is 13.4. The zero-order valence-corrected chi connectivity index (χ0v) is 18.6. The number of carbonyl (C=O) groups excluding carboxylic acids is 1. The summed E-state index contributed by atoms with van der Waals surface area (Å²) in [5.74, 6) is -0.593. The number of hydrogen-bond acceptors (Lipinski definition) is 5. The summed E-state index contributed by atoms with van der Waals surface area (Å²) >= 11 is 5.57. The first-order valence-electron chi connectivity index (χ1n) is 10.1. The summed E-state index contributed by atoms with van der Waals surface area (Å²) in [6, 6.07) is 24.8. The number of nitrogens with zero attached hydrogens (tertiary/aromatic N) is 2. The van der Waals surface area contributed by atoms with E-state index in [-0.39, 0.29) is 11.3 Å². The molecule has 0 radical (unpaired) electrons. The molecular weight excluding hydrogens is 438 g/mol. The van der Waals surface area contributed by atoms with Crippen LogP contribution >= 0.6 is 12.2 Å². The summed E-state index contributed by atoms with van der Waals surface area (Å²) in [5, 5.41) is 13.7. The third-order valence-corrected chi connectivity index (χ3v) is 5.44. The van der Waals surface area contributed by atoms with Crippen LogP contribution in [0.3, 0.4) is 0 Å². The van der Waals surface area contributed by atoms with E-state index in [1.165, 1.54) is 9.13 Å². The van der Waals surface area contributed by atoms with Gasteiger partial charge in [0.15, 0.2) is 10.3 Å². The van der Waals surface area contributed by atoms with E-state index in [0.29, 0.717) is 17.1 Å². The fourth-order valence-electron chi connectivity index (χ4n) is 3.46. The zero-order chi connectivity index (χ0) is 23.4. The molecule has 1 amide bonds. The second-order valence-electron chi connectivity index (χ2n) is 7.16. The summed E-state index contributed by atoms with van der Waals surface area (Å²) in [5.41, 5.74) is 0.671. The molecule has 0 atom stereocenters. The van der Waals surface area contributed by atoms with Crippen molar-refractivity contribution >= 4 is 18.1 Å². The Kier molecular flexibility index (Phi) is 6.37. The highest BCUT2D eigenvalue weighted by molar-refractivity contribution is 7.71. The number of nitrogens with one attached hydrogen (secondary N) is 1. The fraction of sp³-hybridized carbons (Fsp3) is 0.0800. The molecule has 0 unspecified atom stereocenters. The third-order valence-electron chi connectivity index (χ3n) is 5.08. The van der Waals surface area contributed by atoms with E-state index in [1.54, 1.807) is 73.8 Å². The second-order valence-corrected chi connectivity index (χ2v) is 7.53. The molecule has 0 aliphatic heterocycles. The van der Waals surface area contributed by atoms with Crippen molar-refractivity contribution in [3.63, 3.8) is 0 Å². The van der Waals surface area contributed by atoms with E-state index >= 15 is 0 Å². The lowest BCUT2D eigenvalue weighted by molar-refractivity contribution is 0.0944. The highest BCUT2D eigenvalue weighted by Gasteiger charge is 2.24. The number of amides is 1. The molecule has 1 aromatic heterocycles. The number of rotatable bonds is 6. The Bertz CT molecular complexity index is 1410. The molecule has 1 heterocycles. The smallest absolute Gasteiger partial charge is 0.275 e. The van der Waals surface area contributed by atoms with Crippen LogP contribution in [0, 0.1) is 4.77 Å². The molecule has 33 heavy (non-hydrogen) atoms. The Balaban J connectivity index is 1.84. The predicted molar refractivity (Wildman–Crippen MR) is 128 cm³/mol. The average molecular weight is 460 g/mol. The number of ether oxygens (including phenoxy) is 1. The highest BCUT2D eigenvalue weighted by Crippen LogP contribution is 2.22. The molecule has 0 aliphatic rings. The minimum Gasteiger partial charge on any atom is -0.497 e. The average Bonchev–Trinajstić information content (AvgIpc) is 2.84. The van der Waals surface area contributed by atoms with Gasteiger partial charge in [-0.3, -0.25) is 18.7 Å². The van der Waals surface area contributed by atoms with E-state index in [0.717, 1.165) is 5.56 Å². The summed E-state index contributed by atoms with van der Waals surface area (Å²) in [7, 11) is 1.56. The maximum absolute atomic E-state index is 13.4. The Labute approximate surface area is 195 Å². The lowest BCUT2D eigenvalue weighted by Crippen LogP contribution is -2.34. The lowest BCUT2D eigenvalue weighted by Gasteiger charge is -2.17. The molecule has 7 nitrogen and oxygen atoms in total. The van der Waals surface area contributed by atoms with Crippen LogP contribution in [0.25, 0.3) is 11.4 Å². The zero-order valence-electron chi connectivity index (χ0n) is 17.8. The number of methoxy groups -OCH3 is 1. The summed E-state index contributed by atoms with van der Waals surface area (Å²) in [4.78, 5) is 26.5. The number of para-hydroxylation sites is 2. The van der Waals surface area contributed by atoms with Gasteiger partial charge in [-0.05, 0) is 54.2 Å². The highest BCUT2D eigenvalue weighted by atomic mass is 32.1. The van der Waals surface area contributed by atoms with Gasteiger partial charge in [-0.15, -0.1) is 0 Å². The first kappa shape index (κ1) is 22.0. The van der Waals surface area contributed by atoms with Gasteiger partial charge in [0.2, 0.25) is 5.88 Å². The van der Waals surface area contributed by atoms with Gasteiger partial charge in [0, 0.05) is 6.54 Å². The summed E-state index contributed by atoms with van der Waals surface area (Å²) in [6.07, 6.45) is 0. The Morgan fingerprint density at radius 1 is 0.939 bits per heavy atom. The normalized spacial score (nSPS) is 10.6. The predicted octanol–water partition coefficient (Wildman–Crippen LogP) is 4.00. The van der Waals surface area contributed by atoms with Gasteiger partial charge < -0.3 is 15.2 Å². The third kappa shape index (κ3) is 4.42. The van der Waals surface area contributed by atoms with Crippen LogP contribution in [0.1, 0.15) is 15.9 Å². The van der Waals surface area contributed by atoms with Gasteiger partial charge in [0.1, 0.15) is 5.75 Å². The quantitative estimate of drug-likeness (QED) is 0.426. The topological polar surface area (TPSA) is 85.5 Å². The molecule has 4 aromatic rings. The van der Waals surface area contributed by atoms with Crippen molar-refractivity contribution in [2.24, 2.45) is 0 Å². The first-order valence-corrected chi connectivity index (χ1v) is 10.5. The fourth-order valence-corrected chi connectivity index (χ4v) is 3.84. The van der Waals surface area contributed by atoms with Crippen molar-refractivity contribution in [3.05, 3.63) is 111 Å². The van der Waals surface area contributed by atoms with Crippen molar-refractivity contribution in [1.82, 2.24) is 14.5 Å². The molecule has 0 saturated carbocycles. The van der Waals surface area contributed by atoms with E-state index in [1.807, 2.05) is 18.2 Å². The molecule has 0 spiro atoms. The number of aromatic nitrogens is 2. The molecule has 8 heteroatoms. The van der Waals surface area contributed by atoms with Gasteiger partial charge in [0.25, 0.3) is 11.5 Å². The first-order chi connectivity index (χ1) is 16.0. The van der Waals surface area contributed by atoms with Crippen molar-refractivity contribution in [2.75, 3.05) is 7.11 Å². The van der Waals surface area contributed by atoms with Gasteiger partial charge >= 0.3 is 0 Å². The standard InChI is InChI=1S/C25H21N3O4S/c1-32-20-14-8-9-17(15-20)16-26-22(29)21-23(30)27(18-10-4-2-5-11-18)25(33)28(24(21)31)19-12-6-3-7-13-19/h2-15,30H,16H2,1H3,(H,26,29). The minimum atomic E-state index is -0.718. The van der Waals surface area contributed by atoms with Gasteiger partial charge in [-0.1, -0.05) is 48.5 Å². The van der Waals surface area contributed by atoms with Crippen molar-refractivity contribution in [2.45, 2.75) is 6.54 Å². The van der Waals surface area contributed by atoms with E-state index < -0.39 is 22.9 Å². The van der Waals surface area contributed by atoms with Gasteiger partial charge in [-0.25, -0.2) is 0 Å². The van der Waals surface area contributed by atoms with Crippen molar-refractivity contribution in [1.29, 1.82) is 0 Å². The van der Waals surface area contributed by atoms with Crippen LogP contribution in [-0.2, 0) is 6.54 Å². The number of benzene rings is 3. The number of aromatic hydroxyl groups is 1. The van der Waals surface area contributed by atoms with Crippen LogP contribution < -0.4 is 15.6 Å². The molecule has 0 bridgehead atoms. The molecule has 0 fully saturated rings. The van der Waals surface area contributed by atoms with E-state index in [4.69, 9.17) is 17.0 Å². The lowest BCUT2D eigenvalue weighted by atomic mass is 10.2. The summed E-state index contributed by atoms with van der Waals surface area (Å²) in [6.45, 7) is 0.140. The monoisotopic (exact) mass is 459 g/mol. The van der Waals surface area contributed by atoms with Crippen molar-refractivity contribution < 1.29 is 14.6 Å². The van der Waals surface area contributed by atoms with Gasteiger partial charge in [-0.2, -0.15) is 0 Å². The van der Waals surface area contributed by atoms with Crippen LogP contribution in [0.5, 0.6) is 11.6 Å². The minimum absolute atomic E-state index is 0.0410. The van der Waals surface area contributed by atoms with Crippen LogP contribution in [0.4, 0.5) is 0 Å². The Morgan fingerprint density at radius 3 is 2.15 bits per heavy atom. The Hall–Kier alpha value is -4.17. The largest absolute Gasteiger partial charge is 0.497 e. The van der Waals surface area contributed by atoms with Crippen molar-refractivity contribution in [3.8, 4) is 23.0 Å². The molecule has 3 aromatic carbocycles. The summed E-state index contributed by atoms with van der Waals surface area (Å²) < 4.78 is 7.80. The van der Waals surface area contributed by atoms with E-state index in [2.05, 4.69) is 5.32 Å². The van der Waals surface area contributed by atoms with Crippen LogP contribution in [0.15, 0.2) is 89.7 Å². The molecule has 4 rings (SSSR count). The Morgan fingerprint density at radius 2 is 1.55 bits per heavy atom. The molecule has 166 valence electrons. The van der Waals surface area contributed by atoms with E-state index in [9.17, 15) is 14.7 Å². The molecule has 0 aliphatic carbocycles. The SMILES string of the molecule is COc1cccc(CNC(=O)c2c(O)n(-c3ccccc3)c(=S)n(-c3ccccc3)c2=O)c1. The maximum Gasteiger partial charge on any atom is 0.275 e. The molecule has 0 saturated heterocycles. The molecule has 2 N–H and O–H groups in total. The van der Waals surface area contributed by atoms with Crippen LogP contribution in [0.2, 0.25) is 0 Å². The van der Waals surface area contributed by atoms with Crippen LogP contribution in [-0.4, -0.2) is 27.3 Å². The molecular formula is C25H21N3O4S. The second kappa shape index (κ2) is 9.54. The van der Waals surface area contributed by atoms with Gasteiger partial charge in [0.05, 0.1) is 18.5 Å².